The predicted octanol–water partition coefficient (Wildman–Crippen LogP) is 3.23. The highest BCUT2D eigenvalue weighted by atomic mass is 16.1. The molecule has 0 saturated heterocycles. The summed E-state index contributed by atoms with van der Waals surface area (Å²) in [6.07, 6.45) is 6.80. The van der Waals surface area contributed by atoms with Gasteiger partial charge in [-0.05, 0) is 25.0 Å². The Bertz CT molecular complexity index is 455. The summed E-state index contributed by atoms with van der Waals surface area (Å²) in [5.41, 5.74) is 0.243. The first-order valence-corrected chi connectivity index (χ1v) is 6.52. The monoisotopic (exact) mass is 242 g/mol. The summed E-state index contributed by atoms with van der Waals surface area (Å²) in [6.45, 7) is 2.00. The minimum atomic E-state index is -0.714. The molecule has 1 unspecified atom stereocenters. The number of pyridine rings is 1. The van der Waals surface area contributed by atoms with E-state index in [4.69, 9.17) is 0 Å². The van der Waals surface area contributed by atoms with E-state index in [1.165, 1.54) is 6.42 Å². The number of rotatable bonds is 3. The molecule has 1 aliphatic carbocycles. The molecule has 0 aromatic carbocycles. The highest BCUT2D eigenvalue weighted by molar-refractivity contribution is 5.92. The zero-order chi connectivity index (χ0) is 13.0. The minimum Gasteiger partial charge on any atom is -0.297 e. The van der Waals surface area contributed by atoms with Crippen molar-refractivity contribution in [3.63, 3.8) is 0 Å². The van der Waals surface area contributed by atoms with Crippen molar-refractivity contribution in [3.05, 3.63) is 30.1 Å². The fourth-order valence-electron chi connectivity index (χ4n) is 2.73. The third kappa shape index (κ3) is 2.43. The second-order valence-corrected chi connectivity index (χ2v) is 5.30. The lowest BCUT2D eigenvalue weighted by molar-refractivity contribution is -0.130. The van der Waals surface area contributed by atoms with Gasteiger partial charge in [0.2, 0.25) is 0 Å². The molecule has 0 bridgehead atoms. The number of nitrogens with zero attached hydrogens (tertiary/aromatic N) is 2. The maximum Gasteiger partial charge on any atom is 0.161 e. The molecule has 2 rings (SSSR count). The van der Waals surface area contributed by atoms with Crippen LogP contribution in [0.1, 0.15) is 50.6 Å². The minimum absolute atomic E-state index is 0.0448. The molecule has 0 spiro atoms. The van der Waals surface area contributed by atoms with Crippen LogP contribution in [-0.4, -0.2) is 10.8 Å². The predicted molar refractivity (Wildman–Crippen MR) is 68.8 cm³/mol. The first-order valence-electron chi connectivity index (χ1n) is 6.52. The highest BCUT2D eigenvalue weighted by Gasteiger charge is 2.39. The molecular formula is C15H18N2O. The molecule has 1 atom stereocenters. The van der Waals surface area contributed by atoms with Gasteiger partial charge in [-0.15, -0.1) is 0 Å². The fraction of sp³-hybridized carbons (Fsp3) is 0.533. The molecule has 1 aliphatic rings. The second-order valence-electron chi connectivity index (χ2n) is 5.30. The standard InChI is InChI=1S/C15H18N2O/c1-15(8-4-2-5-9-15)14(18)12(11-16)13-7-3-6-10-17-13/h3,6-7,10,12H,2,4-5,8-9H2,1H3. The van der Waals surface area contributed by atoms with Gasteiger partial charge in [-0.3, -0.25) is 9.78 Å². The summed E-state index contributed by atoms with van der Waals surface area (Å²) in [5.74, 6) is -0.669. The Morgan fingerprint density at radius 1 is 1.39 bits per heavy atom. The molecule has 0 N–H and O–H groups in total. The first-order chi connectivity index (χ1) is 8.67. The smallest absolute Gasteiger partial charge is 0.161 e. The molecule has 1 aromatic heterocycles. The van der Waals surface area contributed by atoms with Gasteiger partial charge in [0, 0.05) is 11.6 Å². The molecule has 3 heteroatoms. The third-order valence-corrected chi connectivity index (χ3v) is 3.93. The maximum atomic E-state index is 12.6. The fourth-order valence-corrected chi connectivity index (χ4v) is 2.73. The summed E-state index contributed by atoms with van der Waals surface area (Å²) in [7, 11) is 0. The lowest BCUT2D eigenvalue weighted by Gasteiger charge is -2.33. The van der Waals surface area contributed by atoms with Gasteiger partial charge in [0.05, 0.1) is 11.8 Å². The molecule has 1 heterocycles. The lowest BCUT2D eigenvalue weighted by Crippen LogP contribution is -2.34. The number of ketones is 1. The molecule has 3 nitrogen and oxygen atoms in total. The Labute approximate surface area is 108 Å². The van der Waals surface area contributed by atoms with Crippen molar-refractivity contribution in [3.8, 4) is 6.07 Å². The summed E-state index contributed by atoms with van der Waals surface area (Å²) < 4.78 is 0. The Morgan fingerprint density at radius 2 is 2.11 bits per heavy atom. The van der Waals surface area contributed by atoms with Gasteiger partial charge in [-0.2, -0.15) is 5.26 Å². The van der Waals surface area contributed by atoms with E-state index < -0.39 is 5.92 Å². The van der Waals surface area contributed by atoms with Crippen molar-refractivity contribution in [2.24, 2.45) is 5.41 Å². The van der Waals surface area contributed by atoms with Gasteiger partial charge >= 0.3 is 0 Å². The van der Waals surface area contributed by atoms with Crippen molar-refractivity contribution in [1.82, 2.24) is 4.98 Å². The second kappa shape index (κ2) is 5.30. The van der Waals surface area contributed by atoms with E-state index >= 15 is 0 Å². The SMILES string of the molecule is CC1(C(=O)C(C#N)c2ccccn2)CCCCC1. The van der Waals surface area contributed by atoms with Crippen molar-refractivity contribution in [1.29, 1.82) is 5.26 Å². The zero-order valence-electron chi connectivity index (χ0n) is 10.7. The van der Waals surface area contributed by atoms with Gasteiger partial charge in [0.25, 0.3) is 0 Å². The number of hydrogen-bond acceptors (Lipinski definition) is 3. The van der Waals surface area contributed by atoms with Crippen LogP contribution in [-0.2, 0) is 4.79 Å². The summed E-state index contributed by atoms with van der Waals surface area (Å²) >= 11 is 0. The van der Waals surface area contributed by atoms with Gasteiger partial charge in [-0.25, -0.2) is 0 Å². The number of Topliss-reactive ketones (excluding diaryl/α,β-unsaturated/α-hetero) is 1. The first kappa shape index (κ1) is 12.8. The third-order valence-electron chi connectivity index (χ3n) is 3.93. The normalized spacial score (nSPS) is 19.8. The topological polar surface area (TPSA) is 53.8 Å². The van der Waals surface area contributed by atoms with E-state index in [1.54, 1.807) is 18.3 Å². The molecule has 0 radical (unpaired) electrons. The number of nitriles is 1. The summed E-state index contributed by atoms with van der Waals surface area (Å²) in [4.78, 5) is 16.7. The molecule has 1 aromatic rings. The molecule has 0 amide bonds. The van der Waals surface area contributed by atoms with Gasteiger partial charge in [-0.1, -0.05) is 32.3 Å². The Balaban J connectivity index is 2.23. The van der Waals surface area contributed by atoms with E-state index in [1.807, 2.05) is 13.0 Å². The van der Waals surface area contributed by atoms with Crippen LogP contribution in [0.5, 0.6) is 0 Å². The maximum absolute atomic E-state index is 12.6. The van der Waals surface area contributed by atoms with Crippen LogP contribution < -0.4 is 0 Å². The number of aromatic nitrogens is 1. The zero-order valence-corrected chi connectivity index (χ0v) is 10.7. The van der Waals surface area contributed by atoms with Crippen molar-refractivity contribution >= 4 is 5.78 Å². The Kier molecular flexibility index (Phi) is 3.76. The van der Waals surface area contributed by atoms with Crippen LogP contribution >= 0.6 is 0 Å². The molecule has 1 saturated carbocycles. The Hall–Kier alpha value is -1.69. The van der Waals surface area contributed by atoms with Crippen molar-refractivity contribution < 1.29 is 4.79 Å². The van der Waals surface area contributed by atoms with Gasteiger partial charge in [0.1, 0.15) is 5.92 Å². The molecular weight excluding hydrogens is 224 g/mol. The highest BCUT2D eigenvalue weighted by Crippen LogP contribution is 2.40. The number of hydrogen-bond donors (Lipinski definition) is 0. The summed E-state index contributed by atoms with van der Waals surface area (Å²) in [5, 5.41) is 9.28. The quantitative estimate of drug-likeness (QED) is 0.817. The van der Waals surface area contributed by atoms with Crippen LogP contribution in [0.2, 0.25) is 0 Å². The lowest BCUT2D eigenvalue weighted by atomic mass is 9.69. The van der Waals surface area contributed by atoms with E-state index in [9.17, 15) is 10.1 Å². The number of carbonyl (C=O) groups excluding carboxylic acids is 1. The van der Waals surface area contributed by atoms with E-state index in [0.29, 0.717) is 5.69 Å². The molecule has 1 fully saturated rings. The molecule has 18 heavy (non-hydrogen) atoms. The molecule has 94 valence electrons. The van der Waals surface area contributed by atoms with Gasteiger partial charge < -0.3 is 0 Å². The van der Waals surface area contributed by atoms with Gasteiger partial charge in [0.15, 0.2) is 5.78 Å². The average Bonchev–Trinajstić information content (AvgIpc) is 2.41. The van der Waals surface area contributed by atoms with E-state index in [-0.39, 0.29) is 11.2 Å². The average molecular weight is 242 g/mol. The van der Waals surface area contributed by atoms with Crippen molar-refractivity contribution in [2.75, 3.05) is 0 Å². The van der Waals surface area contributed by atoms with Crippen LogP contribution in [0.15, 0.2) is 24.4 Å². The molecule has 0 aliphatic heterocycles. The van der Waals surface area contributed by atoms with Crippen LogP contribution in [0.3, 0.4) is 0 Å². The largest absolute Gasteiger partial charge is 0.297 e. The van der Waals surface area contributed by atoms with Crippen molar-refractivity contribution in [2.45, 2.75) is 44.9 Å². The van der Waals surface area contributed by atoms with E-state index in [2.05, 4.69) is 11.1 Å². The number of carbonyl (C=O) groups is 1. The van der Waals surface area contributed by atoms with Crippen LogP contribution in [0.4, 0.5) is 0 Å². The summed E-state index contributed by atoms with van der Waals surface area (Å²) in [6, 6.07) is 7.51. The van der Waals surface area contributed by atoms with E-state index in [0.717, 1.165) is 25.7 Å². The van der Waals surface area contributed by atoms with Crippen LogP contribution in [0.25, 0.3) is 0 Å². The van der Waals surface area contributed by atoms with Crippen LogP contribution in [0, 0.1) is 16.7 Å². The Morgan fingerprint density at radius 3 is 2.67 bits per heavy atom.